The van der Waals surface area contributed by atoms with Crippen molar-refractivity contribution in [3.05, 3.63) is 58.9 Å². The Morgan fingerprint density at radius 2 is 1.95 bits per heavy atom. The summed E-state index contributed by atoms with van der Waals surface area (Å²) in [6.07, 6.45) is 0. The van der Waals surface area contributed by atoms with Gasteiger partial charge in [-0.1, -0.05) is 18.2 Å². The van der Waals surface area contributed by atoms with Crippen LogP contribution in [0, 0.1) is 12.7 Å². The molecule has 0 bridgehead atoms. The predicted molar refractivity (Wildman–Crippen MR) is 81.6 cm³/mol. The molecular formula is C17H11FN2O2. The summed E-state index contributed by atoms with van der Waals surface area (Å²) in [6.45, 7) is 1.80. The molecule has 0 unspecified atom stereocenters. The lowest BCUT2D eigenvalue weighted by molar-refractivity contribution is 0.107. The minimum absolute atomic E-state index is 0.0643. The molecule has 0 saturated heterocycles. The first-order valence-electron chi connectivity index (χ1n) is 6.80. The fourth-order valence-corrected chi connectivity index (χ4v) is 2.85. The number of aromatic amines is 1. The van der Waals surface area contributed by atoms with Gasteiger partial charge in [0.15, 0.2) is 5.88 Å². The lowest BCUT2D eigenvalue weighted by Gasteiger charge is -2.01. The third-order valence-corrected chi connectivity index (χ3v) is 3.93. The maximum atomic E-state index is 14.3. The van der Waals surface area contributed by atoms with Crippen LogP contribution in [-0.4, -0.2) is 21.6 Å². The van der Waals surface area contributed by atoms with Crippen LogP contribution in [0.2, 0.25) is 0 Å². The highest BCUT2D eigenvalue weighted by Gasteiger charge is 2.31. The van der Waals surface area contributed by atoms with E-state index in [2.05, 4.69) is 9.98 Å². The Morgan fingerprint density at radius 3 is 2.73 bits per heavy atom. The summed E-state index contributed by atoms with van der Waals surface area (Å²) in [5, 5.41) is 10.4. The molecule has 1 aliphatic heterocycles. The number of Topliss-reactive ketones (excluding diaryl/α,β-unsaturated/α-hetero) is 1. The summed E-state index contributed by atoms with van der Waals surface area (Å²) in [5.41, 5.74) is 2.43. The van der Waals surface area contributed by atoms with Crippen LogP contribution in [-0.2, 0) is 0 Å². The van der Waals surface area contributed by atoms with Crippen LogP contribution in [0.5, 0.6) is 5.88 Å². The van der Waals surface area contributed by atoms with E-state index < -0.39 is 5.82 Å². The second-order valence-electron chi connectivity index (χ2n) is 5.27. The van der Waals surface area contributed by atoms with E-state index in [9.17, 15) is 14.3 Å². The number of halogens is 1. The van der Waals surface area contributed by atoms with Gasteiger partial charge in [0.1, 0.15) is 11.5 Å². The van der Waals surface area contributed by atoms with Crippen molar-refractivity contribution in [2.75, 3.05) is 0 Å². The van der Waals surface area contributed by atoms with Crippen molar-refractivity contribution >= 4 is 28.1 Å². The Hall–Kier alpha value is -2.95. The number of benzene rings is 2. The number of aliphatic imine (C=N–C) groups is 1. The molecule has 0 fully saturated rings. The highest BCUT2D eigenvalue weighted by atomic mass is 19.1. The zero-order valence-corrected chi connectivity index (χ0v) is 11.6. The average Bonchev–Trinajstić information content (AvgIpc) is 3.02. The first-order valence-corrected chi connectivity index (χ1v) is 6.80. The molecule has 0 radical (unpaired) electrons. The standard InChI is InChI=1S/C17H11FN2O2/c1-8-6-7-10(18)12-13(17(22)20-14(8)12)15-16(21)9-4-2-3-5-11(9)19-15/h2-7,20,22H,1H3. The summed E-state index contributed by atoms with van der Waals surface area (Å²) in [5.74, 6) is -1.06. The van der Waals surface area contributed by atoms with Crippen molar-refractivity contribution in [2.45, 2.75) is 6.92 Å². The minimum Gasteiger partial charge on any atom is -0.494 e. The Balaban J connectivity index is 2.03. The van der Waals surface area contributed by atoms with Gasteiger partial charge < -0.3 is 10.1 Å². The van der Waals surface area contributed by atoms with Crippen LogP contribution < -0.4 is 0 Å². The number of nitrogens with zero attached hydrogens (tertiary/aromatic N) is 1. The van der Waals surface area contributed by atoms with Gasteiger partial charge in [0, 0.05) is 10.9 Å². The molecule has 1 aliphatic rings. The largest absolute Gasteiger partial charge is 0.494 e. The first-order chi connectivity index (χ1) is 10.6. The molecule has 0 spiro atoms. The highest BCUT2D eigenvalue weighted by molar-refractivity contribution is 6.56. The molecule has 1 aromatic heterocycles. The van der Waals surface area contributed by atoms with E-state index in [1.165, 1.54) is 6.07 Å². The van der Waals surface area contributed by atoms with Gasteiger partial charge in [-0.15, -0.1) is 0 Å². The SMILES string of the molecule is Cc1ccc(F)c2c(C3=Nc4ccccc4C3=O)c(O)[nH]c12. The number of fused-ring (bicyclic) bond motifs is 2. The maximum Gasteiger partial charge on any atom is 0.214 e. The number of aromatic hydroxyl groups is 1. The van der Waals surface area contributed by atoms with Crippen molar-refractivity contribution in [1.82, 2.24) is 4.98 Å². The van der Waals surface area contributed by atoms with E-state index >= 15 is 0 Å². The molecule has 0 atom stereocenters. The highest BCUT2D eigenvalue weighted by Crippen LogP contribution is 2.36. The molecule has 22 heavy (non-hydrogen) atoms. The molecule has 3 aromatic rings. The van der Waals surface area contributed by atoms with Gasteiger partial charge in [-0.2, -0.15) is 0 Å². The number of carbonyl (C=O) groups is 1. The molecule has 0 saturated carbocycles. The Labute approximate surface area is 124 Å². The quantitative estimate of drug-likeness (QED) is 0.719. The van der Waals surface area contributed by atoms with Crippen LogP contribution in [0.15, 0.2) is 41.4 Å². The van der Waals surface area contributed by atoms with Crippen LogP contribution in [0.3, 0.4) is 0 Å². The van der Waals surface area contributed by atoms with Gasteiger partial charge in [0.25, 0.3) is 0 Å². The van der Waals surface area contributed by atoms with Crippen LogP contribution >= 0.6 is 0 Å². The number of hydrogen-bond donors (Lipinski definition) is 2. The number of aryl methyl sites for hydroxylation is 1. The molecule has 2 aromatic carbocycles. The molecule has 4 rings (SSSR count). The van der Waals surface area contributed by atoms with Gasteiger partial charge in [-0.05, 0) is 30.7 Å². The van der Waals surface area contributed by atoms with E-state index in [1.54, 1.807) is 37.3 Å². The van der Waals surface area contributed by atoms with Crippen molar-refractivity contribution in [3.8, 4) is 5.88 Å². The Bertz CT molecular complexity index is 986. The molecule has 4 nitrogen and oxygen atoms in total. The molecule has 0 amide bonds. The van der Waals surface area contributed by atoms with Crippen molar-refractivity contribution in [2.24, 2.45) is 4.99 Å². The monoisotopic (exact) mass is 294 g/mol. The number of hydrogen-bond acceptors (Lipinski definition) is 3. The number of H-pyrrole nitrogens is 1. The van der Waals surface area contributed by atoms with Gasteiger partial charge in [0.05, 0.1) is 16.8 Å². The zero-order valence-electron chi connectivity index (χ0n) is 11.6. The van der Waals surface area contributed by atoms with Crippen LogP contribution in [0.1, 0.15) is 21.5 Å². The maximum absolute atomic E-state index is 14.3. The summed E-state index contributed by atoms with van der Waals surface area (Å²) >= 11 is 0. The van der Waals surface area contributed by atoms with Crippen molar-refractivity contribution in [3.63, 3.8) is 0 Å². The van der Waals surface area contributed by atoms with E-state index in [-0.39, 0.29) is 28.3 Å². The van der Waals surface area contributed by atoms with Gasteiger partial charge in [-0.3, -0.25) is 4.79 Å². The average molecular weight is 294 g/mol. The fourth-order valence-electron chi connectivity index (χ4n) is 2.85. The van der Waals surface area contributed by atoms with Crippen molar-refractivity contribution in [1.29, 1.82) is 0 Å². The summed E-state index contributed by atoms with van der Waals surface area (Å²) in [4.78, 5) is 19.5. The molecular weight excluding hydrogens is 283 g/mol. The Morgan fingerprint density at radius 1 is 1.18 bits per heavy atom. The lowest BCUT2D eigenvalue weighted by Crippen LogP contribution is -2.11. The van der Waals surface area contributed by atoms with Gasteiger partial charge in [0.2, 0.25) is 5.78 Å². The number of nitrogens with one attached hydrogen (secondary N) is 1. The third kappa shape index (κ3) is 1.56. The minimum atomic E-state index is -0.501. The number of rotatable bonds is 1. The topological polar surface area (TPSA) is 65.4 Å². The van der Waals surface area contributed by atoms with E-state index in [1.807, 2.05) is 0 Å². The third-order valence-electron chi connectivity index (χ3n) is 3.93. The normalized spacial score (nSPS) is 13.5. The van der Waals surface area contributed by atoms with Crippen molar-refractivity contribution < 1.29 is 14.3 Å². The number of aromatic nitrogens is 1. The van der Waals surface area contributed by atoms with Gasteiger partial charge >= 0.3 is 0 Å². The van der Waals surface area contributed by atoms with Crippen LogP contribution in [0.25, 0.3) is 10.9 Å². The molecule has 0 aliphatic carbocycles. The van der Waals surface area contributed by atoms with Crippen LogP contribution in [0.4, 0.5) is 10.1 Å². The van der Waals surface area contributed by atoms with E-state index in [0.717, 1.165) is 5.56 Å². The fraction of sp³-hybridized carbons (Fsp3) is 0.0588. The first kappa shape index (κ1) is 12.8. The van der Waals surface area contributed by atoms with E-state index in [4.69, 9.17) is 0 Å². The number of carbonyl (C=O) groups excluding carboxylic acids is 1. The summed E-state index contributed by atoms with van der Waals surface area (Å²) < 4.78 is 14.3. The second-order valence-corrected chi connectivity index (χ2v) is 5.27. The number of para-hydroxylation sites is 1. The second kappa shape index (κ2) is 4.27. The molecule has 108 valence electrons. The summed E-state index contributed by atoms with van der Waals surface area (Å²) in [7, 11) is 0. The number of ketones is 1. The molecule has 5 heteroatoms. The zero-order chi connectivity index (χ0) is 15.4. The lowest BCUT2D eigenvalue weighted by atomic mass is 10.0. The van der Waals surface area contributed by atoms with Gasteiger partial charge in [-0.25, -0.2) is 9.38 Å². The summed E-state index contributed by atoms with van der Waals surface area (Å²) in [6, 6.07) is 9.84. The molecule has 2 heterocycles. The Kier molecular flexibility index (Phi) is 2.48. The molecule has 2 N–H and O–H groups in total. The smallest absolute Gasteiger partial charge is 0.214 e. The predicted octanol–water partition coefficient (Wildman–Crippen LogP) is 3.64. The van der Waals surface area contributed by atoms with E-state index in [0.29, 0.717) is 16.8 Å².